The van der Waals surface area contributed by atoms with Gasteiger partial charge in [0.15, 0.2) is 0 Å². The number of aliphatic carboxylic acids is 1. The molecule has 17 heavy (non-hydrogen) atoms. The van der Waals surface area contributed by atoms with Gasteiger partial charge in [-0.3, -0.25) is 9.69 Å². The van der Waals surface area contributed by atoms with Crippen molar-refractivity contribution in [1.82, 2.24) is 4.90 Å². The Bertz CT molecular complexity index is 271. The molecule has 0 saturated heterocycles. The molecule has 0 aromatic heterocycles. The van der Waals surface area contributed by atoms with Crippen molar-refractivity contribution in [3.8, 4) is 0 Å². The third kappa shape index (κ3) is 4.93. The quantitative estimate of drug-likeness (QED) is 0.839. The fourth-order valence-electron chi connectivity index (χ4n) is 1.54. The van der Waals surface area contributed by atoms with E-state index in [-0.39, 0.29) is 11.5 Å². The average Bonchev–Trinajstić information content (AvgIpc) is 2.08. The predicted octanol–water partition coefficient (Wildman–Crippen LogP) is 2.76. The minimum absolute atomic E-state index is 0.350. The maximum atomic E-state index is 12.8. The Morgan fingerprint density at radius 1 is 1.29 bits per heavy atom. The third-order valence-corrected chi connectivity index (χ3v) is 3.10. The number of carboxylic acid groups (broad SMARTS) is 1. The van der Waals surface area contributed by atoms with Crippen molar-refractivity contribution in [2.45, 2.75) is 52.4 Å². The van der Waals surface area contributed by atoms with Crippen LogP contribution in [-0.2, 0) is 4.79 Å². The highest BCUT2D eigenvalue weighted by Crippen LogP contribution is 2.32. The lowest BCUT2D eigenvalue weighted by molar-refractivity contribution is -0.195. The van der Waals surface area contributed by atoms with E-state index in [0.29, 0.717) is 0 Å². The summed E-state index contributed by atoms with van der Waals surface area (Å²) in [5, 5.41) is 8.55. The van der Waals surface area contributed by atoms with E-state index in [9.17, 15) is 18.0 Å². The number of carboxylic acids is 1. The van der Waals surface area contributed by atoms with Crippen molar-refractivity contribution in [2.75, 3.05) is 7.05 Å². The molecular weight excluding hydrogens is 235 g/mol. The highest BCUT2D eigenvalue weighted by Gasteiger charge is 2.46. The van der Waals surface area contributed by atoms with Crippen LogP contribution >= 0.6 is 0 Å². The van der Waals surface area contributed by atoms with Gasteiger partial charge in [-0.1, -0.05) is 20.8 Å². The highest BCUT2D eigenvalue weighted by atomic mass is 19.4. The second-order valence-electron chi connectivity index (χ2n) is 5.36. The van der Waals surface area contributed by atoms with Crippen LogP contribution in [-0.4, -0.2) is 41.3 Å². The van der Waals surface area contributed by atoms with Gasteiger partial charge >= 0.3 is 12.1 Å². The van der Waals surface area contributed by atoms with Crippen molar-refractivity contribution in [2.24, 2.45) is 5.41 Å². The first-order valence-electron chi connectivity index (χ1n) is 5.37. The van der Waals surface area contributed by atoms with E-state index < -0.39 is 24.6 Å². The first-order valence-corrected chi connectivity index (χ1v) is 5.37. The van der Waals surface area contributed by atoms with Crippen LogP contribution in [0.4, 0.5) is 13.2 Å². The number of nitrogens with zero attached hydrogens (tertiary/aromatic N) is 1. The van der Waals surface area contributed by atoms with E-state index in [4.69, 9.17) is 5.11 Å². The van der Waals surface area contributed by atoms with Gasteiger partial charge in [-0.15, -0.1) is 0 Å². The highest BCUT2D eigenvalue weighted by molar-refractivity contribution is 5.67. The van der Waals surface area contributed by atoms with Crippen LogP contribution < -0.4 is 0 Å². The summed E-state index contributed by atoms with van der Waals surface area (Å²) in [5.41, 5.74) is -0.350. The first-order chi connectivity index (χ1) is 7.37. The SMILES string of the molecule is CC(N(C)C(CC(=O)O)C(F)(F)F)C(C)(C)C. The number of hydrogen-bond acceptors (Lipinski definition) is 2. The van der Waals surface area contributed by atoms with E-state index in [0.717, 1.165) is 4.90 Å². The predicted molar refractivity (Wildman–Crippen MR) is 58.8 cm³/mol. The summed E-state index contributed by atoms with van der Waals surface area (Å²) in [6.07, 6.45) is -5.47. The van der Waals surface area contributed by atoms with Gasteiger partial charge in [-0.2, -0.15) is 13.2 Å². The minimum Gasteiger partial charge on any atom is -0.481 e. The Balaban J connectivity index is 5.00. The van der Waals surface area contributed by atoms with Gasteiger partial charge in [0.05, 0.1) is 6.42 Å². The molecular formula is C11H20F3NO2. The number of hydrogen-bond donors (Lipinski definition) is 1. The summed E-state index contributed by atoms with van der Waals surface area (Å²) >= 11 is 0. The number of alkyl halides is 3. The van der Waals surface area contributed by atoms with Gasteiger partial charge in [0.1, 0.15) is 6.04 Å². The molecule has 2 unspecified atom stereocenters. The zero-order chi connectivity index (χ0) is 14.0. The molecule has 0 saturated carbocycles. The van der Waals surface area contributed by atoms with Crippen LogP contribution in [0.15, 0.2) is 0 Å². The molecule has 0 amide bonds. The molecule has 3 nitrogen and oxygen atoms in total. The van der Waals surface area contributed by atoms with Gasteiger partial charge in [0, 0.05) is 6.04 Å². The molecule has 0 bridgehead atoms. The van der Waals surface area contributed by atoms with E-state index in [1.54, 1.807) is 6.92 Å². The van der Waals surface area contributed by atoms with Gasteiger partial charge in [-0.05, 0) is 19.4 Å². The lowest BCUT2D eigenvalue weighted by Crippen LogP contribution is -2.52. The molecule has 0 spiro atoms. The Kier molecular flexibility index (Phi) is 5.01. The zero-order valence-corrected chi connectivity index (χ0v) is 10.8. The molecule has 0 aliphatic carbocycles. The molecule has 0 heterocycles. The second-order valence-corrected chi connectivity index (χ2v) is 5.36. The molecule has 0 radical (unpaired) electrons. The van der Waals surface area contributed by atoms with Gasteiger partial charge in [-0.25, -0.2) is 0 Å². The molecule has 2 atom stereocenters. The molecule has 1 N–H and O–H groups in total. The van der Waals surface area contributed by atoms with Crippen molar-refractivity contribution in [1.29, 1.82) is 0 Å². The maximum absolute atomic E-state index is 12.8. The summed E-state index contributed by atoms with van der Waals surface area (Å²) in [4.78, 5) is 11.6. The lowest BCUT2D eigenvalue weighted by Gasteiger charge is -2.40. The average molecular weight is 255 g/mol. The van der Waals surface area contributed by atoms with Crippen LogP contribution in [0.5, 0.6) is 0 Å². The van der Waals surface area contributed by atoms with E-state index in [1.165, 1.54) is 7.05 Å². The molecule has 0 rings (SSSR count). The third-order valence-electron chi connectivity index (χ3n) is 3.10. The van der Waals surface area contributed by atoms with Gasteiger partial charge in [0.2, 0.25) is 0 Å². The minimum atomic E-state index is -4.54. The lowest BCUT2D eigenvalue weighted by atomic mass is 9.86. The molecule has 0 aromatic rings. The fraction of sp³-hybridized carbons (Fsp3) is 0.909. The summed E-state index contributed by atoms with van der Waals surface area (Å²) in [6.45, 7) is 7.13. The molecule has 6 heteroatoms. The second kappa shape index (κ2) is 5.25. The normalized spacial score (nSPS) is 17.0. The van der Waals surface area contributed by atoms with E-state index >= 15 is 0 Å². The van der Waals surface area contributed by atoms with Crippen molar-refractivity contribution in [3.63, 3.8) is 0 Å². The monoisotopic (exact) mass is 255 g/mol. The first kappa shape index (κ1) is 16.2. The number of carbonyl (C=O) groups is 1. The summed E-state index contributed by atoms with van der Waals surface area (Å²) in [6, 6.07) is -2.33. The molecule has 102 valence electrons. The zero-order valence-electron chi connectivity index (χ0n) is 10.8. The topological polar surface area (TPSA) is 40.5 Å². The Labute approximate surface area is 99.6 Å². The number of halogens is 3. The van der Waals surface area contributed by atoms with Crippen LogP contribution in [0.2, 0.25) is 0 Å². The Morgan fingerprint density at radius 2 is 1.71 bits per heavy atom. The van der Waals surface area contributed by atoms with Crippen molar-refractivity contribution >= 4 is 5.97 Å². The standard InChI is InChI=1S/C11H20F3NO2/c1-7(10(2,3)4)15(5)8(6-9(16)17)11(12,13)14/h7-8H,6H2,1-5H3,(H,16,17). The largest absolute Gasteiger partial charge is 0.481 e. The van der Waals surface area contributed by atoms with Crippen molar-refractivity contribution in [3.05, 3.63) is 0 Å². The summed E-state index contributed by atoms with van der Waals surface area (Å²) < 4.78 is 38.3. The van der Waals surface area contributed by atoms with Gasteiger partial charge in [0.25, 0.3) is 0 Å². The van der Waals surface area contributed by atoms with Crippen molar-refractivity contribution < 1.29 is 23.1 Å². The Morgan fingerprint density at radius 3 is 1.94 bits per heavy atom. The molecule has 0 aliphatic rings. The van der Waals surface area contributed by atoms with Crippen LogP contribution in [0.3, 0.4) is 0 Å². The number of rotatable bonds is 4. The molecule has 0 aliphatic heterocycles. The fourth-order valence-corrected chi connectivity index (χ4v) is 1.54. The smallest absolute Gasteiger partial charge is 0.404 e. The van der Waals surface area contributed by atoms with E-state index in [2.05, 4.69) is 0 Å². The van der Waals surface area contributed by atoms with Gasteiger partial charge < -0.3 is 5.11 Å². The Hall–Kier alpha value is -0.780. The summed E-state index contributed by atoms with van der Waals surface area (Å²) in [7, 11) is 1.32. The van der Waals surface area contributed by atoms with Crippen LogP contribution in [0.1, 0.15) is 34.1 Å². The summed E-state index contributed by atoms with van der Waals surface area (Å²) in [5.74, 6) is -1.44. The van der Waals surface area contributed by atoms with Crippen LogP contribution in [0, 0.1) is 5.41 Å². The maximum Gasteiger partial charge on any atom is 0.404 e. The van der Waals surface area contributed by atoms with Crippen LogP contribution in [0.25, 0.3) is 0 Å². The van der Waals surface area contributed by atoms with E-state index in [1.807, 2.05) is 20.8 Å². The molecule has 0 fully saturated rings. The molecule has 0 aromatic carbocycles.